The van der Waals surface area contributed by atoms with E-state index in [4.69, 9.17) is 9.47 Å². The lowest BCUT2D eigenvalue weighted by Crippen LogP contribution is -2.11. The minimum absolute atomic E-state index is 0.0895. The summed E-state index contributed by atoms with van der Waals surface area (Å²) < 4.78 is 40.1. The number of methoxy groups -OCH3 is 1. The minimum atomic E-state index is -0.696. The van der Waals surface area contributed by atoms with Crippen LogP contribution in [0.1, 0.15) is 53.0 Å². The first-order valence-corrected chi connectivity index (χ1v) is 8.22. The van der Waals surface area contributed by atoms with Gasteiger partial charge in [0.2, 0.25) is 0 Å². The van der Waals surface area contributed by atoms with E-state index < -0.39 is 17.6 Å². The Morgan fingerprint density at radius 1 is 1.32 bits per heavy atom. The number of esters is 1. The standard InChI is InChI=1S/C18H20F2N2O3/c1-4-25-12-7-14(19)13(15(20)8-12)9-22-17(11-5-6-11)10(2)16(21-22)18(23)24-3/h7-8,11H,4-6,9H2,1-3H3. The van der Waals surface area contributed by atoms with Crippen molar-refractivity contribution in [2.45, 2.75) is 39.2 Å². The van der Waals surface area contributed by atoms with Gasteiger partial charge >= 0.3 is 5.97 Å². The van der Waals surface area contributed by atoms with Gasteiger partial charge in [0.15, 0.2) is 5.69 Å². The van der Waals surface area contributed by atoms with Crippen molar-refractivity contribution in [1.29, 1.82) is 0 Å². The van der Waals surface area contributed by atoms with Gasteiger partial charge in [0, 0.05) is 34.9 Å². The molecule has 0 aliphatic heterocycles. The molecule has 5 nitrogen and oxygen atoms in total. The summed E-state index contributed by atoms with van der Waals surface area (Å²) in [6, 6.07) is 2.33. The molecule has 1 saturated carbocycles. The van der Waals surface area contributed by atoms with E-state index in [0.717, 1.165) is 30.7 Å². The third-order valence-electron chi connectivity index (χ3n) is 4.31. The highest BCUT2D eigenvalue weighted by molar-refractivity contribution is 5.89. The number of hydrogen-bond donors (Lipinski definition) is 0. The van der Waals surface area contributed by atoms with Gasteiger partial charge in [-0.1, -0.05) is 0 Å². The van der Waals surface area contributed by atoms with E-state index in [1.807, 2.05) is 0 Å². The third-order valence-corrected chi connectivity index (χ3v) is 4.31. The number of carbonyl (C=O) groups excluding carboxylic acids is 1. The van der Waals surface area contributed by atoms with Crippen molar-refractivity contribution in [1.82, 2.24) is 9.78 Å². The molecule has 0 unspecified atom stereocenters. The zero-order valence-electron chi connectivity index (χ0n) is 14.4. The van der Waals surface area contributed by atoms with E-state index in [9.17, 15) is 13.6 Å². The molecule has 0 bridgehead atoms. The first-order chi connectivity index (χ1) is 12.0. The zero-order chi connectivity index (χ0) is 18.1. The number of benzene rings is 1. The number of halogens is 2. The summed E-state index contributed by atoms with van der Waals surface area (Å²) in [6.07, 6.45) is 1.95. The molecule has 1 fully saturated rings. The van der Waals surface area contributed by atoms with Crippen molar-refractivity contribution >= 4 is 5.97 Å². The van der Waals surface area contributed by atoms with Gasteiger partial charge in [-0.15, -0.1) is 0 Å². The van der Waals surface area contributed by atoms with Crippen LogP contribution in [0, 0.1) is 18.6 Å². The topological polar surface area (TPSA) is 53.4 Å². The van der Waals surface area contributed by atoms with Gasteiger partial charge in [-0.2, -0.15) is 5.10 Å². The summed E-state index contributed by atoms with van der Waals surface area (Å²) >= 11 is 0. The molecule has 7 heteroatoms. The van der Waals surface area contributed by atoms with E-state index in [2.05, 4.69) is 5.10 Å². The molecule has 134 valence electrons. The molecule has 25 heavy (non-hydrogen) atoms. The summed E-state index contributed by atoms with van der Waals surface area (Å²) in [5.41, 5.74) is 1.63. The smallest absolute Gasteiger partial charge is 0.358 e. The Bertz CT molecular complexity index is 790. The lowest BCUT2D eigenvalue weighted by atomic mass is 10.1. The van der Waals surface area contributed by atoms with Crippen LogP contribution in [-0.4, -0.2) is 29.5 Å². The maximum absolute atomic E-state index is 14.3. The summed E-state index contributed by atoms with van der Waals surface area (Å²) in [5.74, 6) is -1.53. The highest BCUT2D eigenvalue weighted by atomic mass is 19.1. The molecule has 1 aliphatic carbocycles. The summed E-state index contributed by atoms with van der Waals surface area (Å²) in [7, 11) is 1.28. The molecular formula is C18H20F2N2O3. The molecule has 0 atom stereocenters. The van der Waals surface area contributed by atoms with Crippen molar-refractivity contribution in [2.24, 2.45) is 0 Å². The fraction of sp³-hybridized carbons (Fsp3) is 0.444. The van der Waals surface area contributed by atoms with E-state index >= 15 is 0 Å². The summed E-state index contributed by atoms with van der Waals surface area (Å²) in [4.78, 5) is 11.9. The number of hydrogen-bond acceptors (Lipinski definition) is 4. The van der Waals surface area contributed by atoms with E-state index in [0.29, 0.717) is 12.2 Å². The number of nitrogens with zero attached hydrogens (tertiary/aromatic N) is 2. The average molecular weight is 350 g/mol. The maximum atomic E-state index is 14.3. The molecule has 1 aromatic heterocycles. The molecule has 1 aliphatic rings. The van der Waals surface area contributed by atoms with E-state index in [-0.39, 0.29) is 29.5 Å². The predicted octanol–water partition coefficient (Wildman–Crippen LogP) is 3.58. The van der Waals surface area contributed by atoms with Crippen LogP contribution >= 0.6 is 0 Å². The Hall–Kier alpha value is -2.44. The second-order valence-electron chi connectivity index (χ2n) is 6.08. The Kier molecular flexibility index (Phi) is 4.74. The monoisotopic (exact) mass is 350 g/mol. The normalized spacial score (nSPS) is 13.8. The fourth-order valence-corrected chi connectivity index (χ4v) is 2.98. The second kappa shape index (κ2) is 6.82. The zero-order valence-corrected chi connectivity index (χ0v) is 14.4. The molecule has 1 aromatic carbocycles. The van der Waals surface area contributed by atoms with Crippen LogP contribution in [0.3, 0.4) is 0 Å². The van der Waals surface area contributed by atoms with Crippen LogP contribution in [0.4, 0.5) is 8.78 Å². The van der Waals surface area contributed by atoms with Crippen molar-refractivity contribution in [3.05, 3.63) is 46.3 Å². The molecule has 3 rings (SSSR count). The lowest BCUT2D eigenvalue weighted by Gasteiger charge is -2.11. The first-order valence-electron chi connectivity index (χ1n) is 8.22. The minimum Gasteiger partial charge on any atom is -0.494 e. The molecule has 0 amide bonds. The highest BCUT2D eigenvalue weighted by Crippen LogP contribution is 2.42. The maximum Gasteiger partial charge on any atom is 0.358 e. The second-order valence-corrected chi connectivity index (χ2v) is 6.08. The SMILES string of the molecule is CCOc1cc(F)c(Cn2nc(C(=O)OC)c(C)c2C2CC2)c(F)c1. The van der Waals surface area contributed by atoms with Crippen LogP contribution in [0.2, 0.25) is 0 Å². The number of aromatic nitrogens is 2. The number of ether oxygens (including phenoxy) is 2. The van der Waals surface area contributed by atoms with Gasteiger partial charge in [-0.3, -0.25) is 4.68 Å². The lowest BCUT2D eigenvalue weighted by molar-refractivity contribution is 0.0592. The third kappa shape index (κ3) is 3.36. The highest BCUT2D eigenvalue weighted by Gasteiger charge is 2.33. The van der Waals surface area contributed by atoms with Gasteiger partial charge in [-0.05, 0) is 26.7 Å². The van der Waals surface area contributed by atoms with Crippen molar-refractivity contribution in [3.8, 4) is 5.75 Å². The van der Waals surface area contributed by atoms with Crippen molar-refractivity contribution in [2.75, 3.05) is 13.7 Å². The Morgan fingerprint density at radius 2 is 1.96 bits per heavy atom. The summed E-state index contributed by atoms with van der Waals surface area (Å²) in [5, 5.41) is 4.26. The average Bonchev–Trinajstić information content (AvgIpc) is 3.34. The molecular weight excluding hydrogens is 330 g/mol. The molecule has 0 radical (unpaired) electrons. The predicted molar refractivity (Wildman–Crippen MR) is 86.9 cm³/mol. The molecule has 2 aromatic rings. The Balaban J connectivity index is 1.99. The van der Waals surface area contributed by atoms with Crippen LogP contribution in [0.25, 0.3) is 0 Å². The summed E-state index contributed by atoms with van der Waals surface area (Å²) in [6.45, 7) is 3.76. The first kappa shape index (κ1) is 17.4. The van der Waals surface area contributed by atoms with Gasteiger partial charge in [0.05, 0.1) is 20.3 Å². The Morgan fingerprint density at radius 3 is 2.48 bits per heavy atom. The van der Waals surface area contributed by atoms with E-state index in [1.54, 1.807) is 13.8 Å². The fourth-order valence-electron chi connectivity index (χ4n) is 2.98. The quantitative estimate of drug-likeness (QED) is 0.747. The molecule has 0 spiro atoms. The van der Waals surface area contributed by atoms with Crippen molar-refractivity contribution in [3.63, 3.8) is 0 Å². The van der Waals surface area contributed by atoms with Crippen LogP contribution < -0.4 is 4.74 Å². The molecule has 1 heterocycles. The van der Waals surface area contributed by atoms with E-state index in [1.165, 1.54) is 11.8 Å². The van der Waals surface area contributed by atoms with Gasteiger partial charge in [0.1, 0.15) is 17.4 Å². The van der Waals surface area contributed by atoms with Gasteiger partial charge in [-0.25, -0.2) is 13.6 Å². The van der Waals surface area contributed by atoms with Crippen LogP contribution in [0.5, 0.6) is 5.75 Å². The number of carbonyl (C=O) groups is 1. The van der Waals surface area contributed by atoms with Crippen LogP contribution in [0.15, 0.2) is 12.1 Å². The van der Waals surface area contributed by atoms with Gasteiger partial charge in [0.25, 0.3) is 0 Å². The van der Waals surface area contributed by atoms with Crippen molar-refractivity contribution < 1.29 is 23.0 Å². The number of rotatable bonds is 6. The Labute approximate surface area is 144 Å². The molecule has 0 saturated heterocycles. The molecule has 0 N–H and O–H groups in total. The van der Waals surface area contributed by atoms with Gasteiger partial charge < -0.3 is 9.47 Å². The van der Waals surface area contributed by atoms with Crippen LogP contribution in [-0.2, 0) is 11.3 Å². The largest absolute Gasteiger partial charge is 0.494 e.